The molecule has 0 bridgehead atoms. The highest BCUT2D eigenvalue weighted by Gasteiger charge is 2.05. The lowest BCUT2D eigenvalue weighted by atomic mass is 10.3. The lowest BCUT2D eigenvalue weighted by molar-refractivity contribution is -0.140. The van der Waals surface area contributed by atoms with Gasteiger partial charge in [0.15, 0.2) is 0 Å². The van der Waals surface area contributed by atoms with E-state index in [2.05, 4.69) is 9.72 Å². The van der Waals surface area contributed by atoms with Gasteiger partial charge in [-0.15, -0.1) is 0 Å². The third-order valence-corrected chi connectivity index (χ3v) is 2.34. The van der Waals surface area contributed by atoms with Crippen molar-refractivity contribution in [1.29, 1.82) is 5.26 Å². The van der Waals surface area contributed by atoms with Crippen molar-refractivity contribution < 1.29 is 9.53 Å². The van der Waals surface area contributed by atoms with E-state index in [1.54, 1.807) is 12.1 Å². The molecule has 90 valence electrons. The van der Waals surface area contributed by atoms with Crippen LogP contribution in [0.2, 0.25) is 0 Å². The fourth-order valence-corrected chi connectivity index (χ4v) is 1.38. The molecule has 0 aliphatic carbocycles. The second-order valence-electron chi connectivity index (χ2n) is 3.59. The molecular formula is C12H15N3O2. The molecule has 0 radical (unpaired) electrons. The summed E-state index contributed by atoms with van der Waals surface area (Å²) in [6.07, 6.45) is 1.08. The van der Waals surface area contributed by atoms with E-state index in [1.165, 1.54) is 7.11 Å². The summed E-state index contributed by atoms with van der Waals surface area (Å²) in [7, 11) is 3.25. The van der Waals surface area contributed by atoms with Crippen molar-refractivity contribution in [2.45, 2.75) is 12.8 Å². The average molecular weight is 233 g/mol. The SMILES string of the molecule is COC(=O)CCCN(C)c1cccc(C#N)n1. The number of carbonyl (C=O) groups is 1. The number of ether oxygens (including phenoxy) is 1. The van der Waals surface area contributed by atoms with Gasteiger partial charge in [0.2, 0.25) is 0 Å². The molecule has 5 nitrogen and oxygen atoms in total. The van der Waals surface area contributed by atoms with Crippen LogP contribution in [0.25, 0.3) is 0 Å². The smallest absolute Gasteiger partial charge is 0.305 e. The van der Waals surface area contributed by atoms with Crippen molar-refractivity contribution in [3.63, 3.8) is 0 Å². The Morgan fingerprint density at radius 1 is 1.59 bits per heavy atom. The Balaban J connectivity index is 2.49. The van der Waals surface area contributed by atoms with E-state index in [9.17, 15) is 4.79 Å². The number of carbonyl (C=O) groups excluding carboxylic acids is 1. The molecule has 0 amide bonds. The summed E-state index contributed by atoms with van der Waals surface area (Å²) in [5.74, 6) is 0.519. The molecule has 1 aromatic heterocycles. The largest absolute Gasteiger partial charge is 0.469 e. The first-order chi connectivity index (χ1) is 8.17. The van der Waals surface area contributed by atoms with Gasteiger partial charge in [-0.1, -0.05) is 6.07 Å². The molecule has 0 N–H and O–H groups in total. The van der Waals surface area contributed by atoms with Crippen LogP contribution in [0.15, 0.2) is 18.2 Å². The van der Waals surface area contributed by atoms with E-state index in [0.29, 0.717) is 25.1 Å². The molecule has 1 rings (SSSR count). The molecule has 0 saturated carbocycles. The number of rotatable bonds is 5. The molecule has 0 atom stereocenters. The minimum atomic E-state index is -0.211. The number of esters is 1. The Kier molecular flexibility index (Phi) is 4.95. The Morgan fingerprint density at radius 3 is 3.00 bits per heavy atom. The fourth-order valence-electron chi connectivity index (χ4n) is 1.38. The summed E-state index contributed by atoms with van der Waals surface area (Å²) in [6, 6.07) is 7.27. The third kappa shape index (κ3) is 4.11. The Morgan fingerprint density at radius 2 is 2.35 bits per heavy atom. The van der Waals surface area contributed by atoms with E-state index >= 15 is 0 Å². The van der Waals surface area contributed by atoms with Crippen LogP contribution < -0.4 is 4.90 Å². The van der Waals surface area contributed by atoms with Gasteiger partial charge in [0.25, 0.3) is 0 Å². The number of nitriles is 1. The zero-order valence-electron chi connectivity index (χ0n) is 10.0. The number of anilines is 1. The first kappa shape index (κ1) is 13.0. The Bertz CT molecular complexity index is 426. The molecule has 5 heteroatoms. The minimum absolute atomic E-state index is 0.211. The topological polar surface area (TPSA) is 66.2 Å². The van der Waals surface area contributed by atoms with Crippen LogP contribution >= 0.6 is 0 Å². The predicted octanol–water partition coefficient (Wildman–Crippen LogP) is 1.34. The molecule has 0 aromatic carbocycles. The lowest BCUT2D eigenvalue weighted by Gasteiger charge is -2.17. The molecular weight excluding hydrogens is 218 g/mol. The van der Waals surface area contributed by atoms with E-state index in [-0.39, 0.29) is 5.97 Å². The van der Waals surface area contributed by atoms with Crippen LogP contribution in [-0.2, 0) is 9.53 Å². The van der Waals surface area contributed by atoms with Crippen molar-refractivity contribution in [1.82, 2.24) is 4.98 Å². The maximum absolute atomic E-state index is 10.9. The molecule has 0 saturated heterocycles. The van der Waals surface area contributed by atoms with Crippen molar-refractivity contribution >= 4 is 11.8 Å². The van der Waals surface area contributed by atoms with Crippen LogP contribution in [0.5, 0.6) is 0 Å². The van der Waals surface area contributed by atoms with Crippen LogP contribution in [0, 0.1) is 11.3 Å². The Labute approximate surface area is 101 Å². The molecule has 1 heterocycles. The highest BCUT2D eigenvalue weighted by Crippen LogP contribution is 2.10. The van der Waals surface area contributed by atoms with Crippen LogP contribution in [0.1, 0.15) is 18.5 Å². The molecule has 1 aromatic rings. The number of pyridine rings is 1. The van der Waals surface area contributed by atoms with Gasteiger partial charge in [-0.2, -0.15) is 5.26 Å². The van der Waals surface area contributed by atoms with Crippen molar-refractivity contribution in [3.05, 3.63) is 23.9 Å². The summed E-state index contributed by atoms with van der Waals surface area (Å²) in [5.41, 5.74) is 0.391. The summed E-state index contributed by atoms with van der Waals surface area (Å²) >= 11 is 0. The number of methoxy groups -OCH3 is 1. The van der Waals surface area contributed by atoms with Crippen molar-refractivity contribution in [2.24, 2.45) is 0 Å². The quantitative estimate of drug-likeness (QED) is 0.718. The number of nitrogens with zero attached hydrogens (tertiary/aromatic N) is 3. The van der Waals surface area contributed by atoms with Gasteiger partial charge in [-0.25, -0.2) is 4.98 Å². The Hall–Kier alpha value is -2.09. The van der Waals surface area contributed by atoms with Crippen molar-refractivity contribution in [3.8, 4) is 6.07 Å². The summed E-state index contributed by atoms with van der Waals surface area (Å²) < 4.78 is 4.56. The number of hydrogen-bond donors (Lipinski definition) is 0. The highest BCUT2D eigenvalue weighted by atomic mass is 16.5. The maximum atomic E-state index is 10.9. The molecule has 0 aliphatic heterocycles. The third-order valence-electron chi connectivity index (χ3n) is 2.34. The zero-order valence-corrected chi connectivity index (χ0v) is 10.0. The molecule has 17 heavy (non-hydrogen) atoms. The molecule has 0 unspecified atom stereocenters. The standard InChI is InChI=1S/C12H15N3O2/c1-15(8-4-7-12(16)17-2)11-6-3-5-10(9-13)14-11/h3,5-6H,4,7-8H2,1-2H3. The minimum Gasteiger partial charge on any atom is -0.469 e. The van der Waals surface area contributed by atoms with Gasteiger partial charge in [0.1, 0.15) is 17.6 Å². The lowest BCUT2D eigenvalue weighted by Crippen LogP contribution is -2.20. The first-order valence-corrected chi connectivity index (χ1v) is 5.32. The van der Waals surface area contributed by atoms with E-state index in [0.717, 1.165) is 5.82 Å². The monoisotopic (exact) mass is 233 g/mol. The fraction of sp³-hybridized carbons (Fsp3) is 0.417. The summed E-state index contributed by atoms with van der Waals surface area (Å²) in [4.78, 5) is 17.0. The second kappa shape index (κ2) is 6.48. The maximum Gasteiger partial charge on any atom is 0.305 e. The van der Waals surface area contributed by atoms with Gasteiger partial charge in [0.05, 0.1) is 7.11 Å². The van der Waals surface area contributed by atoms with E-state index in [1.807, 2.05) is 24.1 Å². The van der Waals surface area contributed by atoms with Gasteiger partial charge in [-0.3, -0.25) is 4.79 Å². The van der Waals surface area contributed by atoms with Gasteiger partial charge in [0, 0.05) is 20.0 Å². The highest BCUT2D eigenvalue weighted by molar-refractivity contribution is 5.69. The molecule has 0 spiro atoms. The van der Waals surface area contributed by atoms with Crippen LogP contribution in [-0.4, -0.2) is 31.7 Å². The summed E-state index contributed by atoms with van der Waals surface area (Å²) in [6.45, 7) is 0.691. The second-order valence-corrected chi connectivity index (χ2v) is 3.59. The number of aromatic nitrogens is 1. The van der Waals surface area contributed by atoms with Crippen LogP contribution in [0.4, 0.5) is 5.82 Å². The van der Waals surface area contributed by atoms with Crippen molar-refractivity contribution in [2.75, 3.05) is 25.6 Å². The van der Waals surface area contributed by atoms with Crippen LogP contribution in [0.3, 0.4) is 0 Å². The molecule has 0 aliphatic rings. The first-order valence-electron chi connectivity index (χ1n) is 5.32. The van der Waals surface area contributed by atoms with E-state index in [4.69, 9.17) is 5.26 Å². The van der Waals surface area contributed by atoms with E-state index < -0.39 is 0 Å². The number of hydrogen-bond acceptors (Lipinski definition) is 5. The molecule has 0 fully saturated rings. The van der Waals surface area contributed by atoms with Gasteiger partial charge in [-0.05, 0) is 18.6 Å². The zero-order chi connectivity index (χ0) is 12.7. The summed E-state index contributed by atoms with van der Waals surface area (Å²) in [5, 5.41) is 8.73. The normalized spacial score (nSPS) is 9.47. The average Bonchev–Trinajstić information content (AvgIpc) is 2.38. The predicted molar refractivity (Wildman–Crippen MR) is 63.5 cm³/mol. The van der Waals surface area contributed by atoms with Gasteiger partial charge < -0.3 is 9.64 Å². The van der Waals surface area contributed by atoms with Gasteiger partial charge >= 0.3 is 5.97 Å².